The average Bonchev–Trinajstić information content (AvgIpc) is 3.39. The number of hydrogen-bond acceptors (Lipinski definition) is 3. The Morgan fingerprint density at radius 3 is 1.92 bits per heavy atom. The number of piperidine rings is 1. The lowest BCUT2D eigenvalue weighted by Gasteiger charge is -2.33. The van der Waals surface area contributed by atoms with Gasteiger partial charge < -0.3 is 15.0 Å². The topological polar surface area (TPSA) is 49.4 Å². The molecular formula is C39H39BF5N2O2P. The van der Waals surface area contributed by atoms with E-state index in [1.165, 1.54) is 21.4 Å². The molecule has 1 fully saturated rings. The lowest BCUT2D eigenvalue weighted by Crippen LogP contribution is -2.47. The number of fused-ring (bicyclic) bond motifs is 3. The first-order chi connectivity index (χ1) is 23.9. The summed E-state index contributed by atoms with van der Waals surface area (Å²) in [5, 5.41) is 2.54. The second-order valence-electron chi connectivity index (χ2n) is 13.4. The van der Waals surface area contributed by atoms with Crippen LogP contribution in [0.15, 0.2) is 97.1 Å². The summed E-state index contributed by atoms with van der Waals surface area (Å²) in [6.07, 6.45) is -0.699. The third kappa shape index (κ3) is 7.72. The molecule has 0 saturated carbocycles. The van der Waals surface area contributed by atoms with Crippen molar-refractivity contribution in [3.8, 4) is 22.3 Å². The number of nitrogens with one attached hydrogen (secondary N) is 1. The molecule has 4 nitrogen and oxygen atoms in total. The first kappa shape index (κ1) is 35.9. The van der Waals surface area contributed by atoms with E-state index in [0.29, 0.717) is 36.8 Å². The molecule has 0 spiro atoms. The highest BCUT2D eigenvalue weighted by Gasteiger charge is 2.48. The van der Waals surface area contributed by atoms with Gasteiger partial charge in [-0.15, -0.1) is 0 Å². The quantitative estimate of drug-likeness (QED) is 0.0697. The van der Waals surface area contributed by atoms with Gasteiger partial charge in [0.05, 0.1) is 12.1 Å². The molecule has 6 rings (SSSR count). The Morgan fingerprint density at radius 1 is 0.780 bits per heavy atom. The van der Waals surface area contributed by atoms with Crippen LogP contribution in [-0.2, 0) is 16.4 Å². The monoisotopic (exact) mass is 704 g/mol. The van der Waals surface area contributed by atoms with Gasteiger partial charge in [-0.05, 0) is 90.8 Å². The molecule has 0 radical (unpaired) electrons. The first-order valence-corrected chi connectivity index (χ1v) is 17.6. The summed E-state index contributed by atoms with van der Waals surface area (Å²) >= 11 is 0. The minimum atomic E-state index is -4.42. The van der Waals surface area contributed by atoms with Crippen LogP contribution in [0.2, 0.25) is 5.82 Å². The van der Waals surface area contributed by atoms with Crippen LogP contribution in [0, 0.1) is 0 Å². The zero-order valence-corrected chi connectivity index (χ0v) is 28.8. The van der Waals surface area contributed by atoms with Gasteiger partial charge in [0, 0.05) is 5.56 Å². The van der Waals surface area contributed by atoms with Gasteiger partial charge in [-0.25, -0.2) is 8.78 Å². The third-order valence-corrected chi connectivity index (χ3v) is 10.3. The molecule has 1 aliphatic carbocycles. The van der Waals surface area contributed by atoms with Crippen molar-refractivity contribution >= 4 is 28.1 Å². The molecule has 0 bridgehead atoms. The number of carbonyl (C=O) groups is 2. The van der Waals surface area contributed by atoms with Crippen LogP contribution in [0.4, 0.5) is 22.0 Å². The Kier molecular flexibility index (Phi) is 10.6. The minimum Gasteiger partial charge on any atom is -0.349 e. The highest BCUT2D eigenvalue weighted by molar-refractivity contribution is 7.18. The number of hydrogen-bond donors (Lipinski definition) is 1. The Labute approximate surface area is 292 Å². The van der Waals surface area contributed by atoms with Crippen LogP contribution in [0.1, 0.15) is 59.2 Å². The zero-order valence-electron chi connectivity index (χ0n) is 27.6. The van der Waals surface area contributed by atoms with Crippen molar-refractivity contribution in [2.45, 2.75) is 55.2 Å². The van der Waals surface area contributed by atoms with Gasteiger partial charge in [0.1, 0.15) is 11.1 Å². The smallest absolute Gasteiger partial charge is 0.349 e. The Balaban J connectivity index is 1.05. The van der Waals surface area contributed by atoms with Gasteiger partial charge >= 0.3 is 6.18 Å². The van der Waals surface area contributed by atoms with Crippen molar-refractivity contribution in [1.82, 2.24) is 10.2 Å². The number of benzene rings is 4. The lowest BCUT2D eigenvalue weighted by molar-refractivity contribution is -0.137. The van der Waals surface area contributed by atoms with Gasteiger partial charge in [-0.3, -0.25) is 4.79 Å². The number of amides is 1. The zero-order chi connectivity index (χ0) is 35.5. The standard InChI is InChI=1S/C39H39BF5N2O2P/c41-38(42,50)25-46-36(49)37(33-13-5-3-10-30(33)31-11-4-6-14-34(31)37)21-7-8-22-47-23-19-28(20-24-47)40-35(48)32-12-2-1-9-29(32)26-15-17-27(18-16-26)39(43,44)45/h1-6,9-18,28,40H,7-8,19-25,50H2,(H,46,49). The fourth-order valence-corrected chi connectivity index (χ4v) is 7.73. The summed E-state index contributed by atoms with van der Waals surface area (Å²) in [6.45, 7) is 1.72. The van der Waals surface area contributed by atoms with Gasteiger partial charge in [0.25, 0.3) is 5.66 Å². The van der Waals surface area contributed by atoms with Crippen LogP contribution >= 0.6 is 9.24 Å². The molecule has 1 N–H and O–H groups in total. The van der Waals surface area contributed by atoms with Crippen LogP contribution < -0.4 is 5.32 Å². The molecule has 260 valence electrons. The molecule has 0 aromatic heterocycles. The fourth-order valence-electron chi connectivity index (χ4n) is 7.63. The SMILES string of the molecule is O=C(BC1CCN(CCCCC2(C(=O)NCC(F)(F)P)c3ccccc3-c3ccccc32)CC1)c1ccccc1-c1ccc(C(F)(F)F)cc1. The minimum absolute atomic E-state index is 0.0147. The van der Waals surface area contributed by atoms with E-state index in [0.717, 1.165) is 73.3 Å². The van der Waals surface area contributed by atoms with E-state index in [-0.39, 0.29) is 11.5 Å². The highest BCUT2D eigenvalue weighted by atomic mass is 31.0. The van der Waals surface area contributed by atoms with E-state index in [4.69, 9.17) is 0 Å². The van der Waals surface area contributed by atoms with E-state index >= 15 is 0 Å². The molecule has 2 aliphatic rings. The van der Waals surface area contributed by atoms with E-state index in [1.807, 2.05) is 48.5 Å². The number of carbonyl (C=O) groups excluding carboxylic acids is 2. The van der Waals surface area contributed by atoms with Crippen LogP contribution in [0.5, 0.6) is 0 Å². The molecule has 4 aromatic rings. The Bertz CT molecular complexity index is 1790. The summed E-state index contributed by atoms with van der Waals surface area (Å²) in [5.74, 6) is -0.213. The fraction of sp³-hybridized carbons (Fsp3) is 0.333. The van der Waals surface area contributed by atoms with Crippen molar-refractivity contribution in [1.29, 1.82) is 0 Å². The number of unbranched alkanes of at least 4 members (excludes halogenated alkanes) is 1. The number of alkyl halides is 5. The molecule has 1 heterocycles. The molecule has 50 heavy (non-hydrogen) atoms. The second-order valence-corrected chi connectivity index (χ2v) is 14.3. The predicted octanol–water partition coefficient (Wildman–Crippen LogP) is 8.55. The average molecular weight is 705 g/mol. The predicted molar refractivity (Wildman–Crippen MR) is 192 cm³/mol. The van der Waals surface area contributed by atoms with E-state index in [2.05, 4.69) is 10.2 Å². The van der Waals surface area contributed by atoms with Crippen molar-refractivity contribution in [2.24, 2.45) is 0 Å². The van der Waals surface area contributed by atoms with Crippen molar-refractivity contribution in [3.63, 3.8) is 0 Å². The molecule has 1 saturated heterocycles. The maximum Gasteiger partial charge on any atom is 0.416 e. The molecule has 1 atom stereocenters. The van der Waals surface area contributed by atoms with E-state index < -0.39 is 35.3 Å². The second kappa shape index (κ2) is 14.8. The van der Waals surface area contributed by atoms with Gasteiger partial charge in [0.2, 0.25) is 13.2 Å². The van der Waals surface area contributed by atoms with Crippen LogP contribution in [-0.4, -0.2) is 55.6 Å². The lowest BCUT2D eigenvalue weighted by atomic mass is 9.56. The summed E-state index contributed by atoms with van der Waals surface area (Å²) in [6, 6.07) is 27.4. The van der Waals surface area contributed by atoms with Gasteiger partial charge in [-0.1, -0.05) is 106 Å². The first-order valence-electron chi connectivity index (χ1n) is 17.0. The summed E-state index contributed by atoms with van der Waals surface area (Å²) in [5.41, 5.74) is 0.398. The van der Waals surface area contributed by atoms with Crippen LogP contribution in [0.25, 0.3) is 22.3 Å². The van der Waals surface area contributed by atoms with Gasteiger partial charge in [-0.2, -0.15) is 13.2 Å². The molecule has 1 aliphatic heterocycles. The van der Waals surface area contributed by atoms with Gasteiger partial charge in [0.15, 0.2) is 0 Å². The van der Waals surface area contributed by atoms with Crippen molar-refractivity contribution in [2.75, 3.05) is 26.2 Å². The largest absolute Gasteiger partial charge is 0.416 e. The Hall–Kier alpha value is -3.88. The molecule has 11 heteroatoms. The summed E-state index contributed by atoms with van der Waals surface area (Å²) < 4.78 is 66.8. The maximum absolute atomic E-state index is 13.9. The normalized spacial score (nSPS) is 16.0. The number of nitrogens with zero attached hydrogens (tertiary/aromatic N) is 1. The summed E-state index contributed by atoms with van der Waals surface area (Å²) in [4.78, 5) is 29.7. The molecular weight excluding hydrogens is 665 g/mol. The number of likely N-dealkylation sites (tertiary alicyclic amines) is 1. The highest BCUT2D eigenvalue weighted by Crippen LogP contribution is 2.51. The number of halogens is 5. The van der Waals surface area contributed by atoms with Crippen molar-refractivity contribution < 1.29 is 31.5 Å². The van der Waals surface area contributed by atoms with Crippen LogP contribution in [0.3, 0.4) is 0 Å². The van der Waals surface area contributed by atoms with Crippen molar-refractivity contribution in [3.05, 3.63) is 119 Å². The molecule has 4 aromatic carbocycles. The number of rotatable bonds is 12. The van der Waals surface area contributed by atoms with E-state index in [9.17, 15) is 31.5 Å². The maximum atomic E-state index is 13.9. The summed E-state index contributed by atoms with van der Waals surface area (Å²) in [7, 11) is 1.86. The molecule has 1 amide bonds. The Morgan fingerprint density at radius 2 is 1.34 bits per heavy atom. The molecule has 1 unspecified atom stereocenters. The third-order valence-electron chi connectivity index (χ3n) is 10.1. The van der Waals surface area contributed by atoms with E-state index in [1.54, 1.807) is 24.3 Å².